The summed E-state index contributed by atoms with van der Waals surface area (Å²) < 4.78 is 5.77. The lowest BCUT2D eigenvalue weighted by molar-refractivity contribution is -0.139. The smallest absolute Gasteiger partial charge is 0.305 e. The van der Waals surface area contributed by atoms with E-state index in [0.717, 1.165) is 50.7 Å². The molecule has 0 aromatic carbocycles. The molecule has 3 saturated carbocycles. The molecule has 0 aromatic rings. The highest BCUT2D eigenvalue weighted by atomic mass is 16.6. The molecule has 0 radical (unpaired) electrons. The summed E-state index contributed by atoms with van der Waals surface area (Å²) in [6, 6.07) is -0.471. The van der Waals surface area contributed by atoms with Gasteiger partial charge in [-0.1, -0.05) is 30.5 Å². The van der Waals surface area contributed by atoms with Crippen molar-refractivity contribution in [2.45, 2.75) is 116 Å². The number of terminal acetylenes is 1. The summed E-state index contributed by atoms with van der Waals surface area (Å²) in [4.78, 5) is 29.7. The first kappa shape index (κ1) is 30.1. The normalized spacial score (nSPS) is 41.2. The molecule has 8 heteroatoms. The highest BCUT2D eigenvalue weighted by Gasteiger charge is 2.63. The zero-order chi connectivity index (χ0) is 29.6. The molecule has 0 aromatic heterocycles. The van der Waals surface area contributed by atoms with Gasteiger partial charge in [0.25, 0.3) is 5.91 Å². The molecule has 41 heavy (non-hydrogen) atoms. The SMILES string of the molecule is C#C[C@]1(O)CC[C@@H]2[C@H]3CCC4=C/C(=N/OCC(=O)N[C@@H](CC(=O)O)[C@H]5CCOC(C)(C)C5)CC[C@]4(C)[C@H]3CC[C@@]21C. The van der Waals surface area contributed by atoms with Crippen molar-refractivity contribution < 1.29 is 29.4 Å². The molecule has 3 N–H and O–H groups in total. The van der Waals surface area contributed by atoms with Crippen molar-refractivity contribution in [3.05, 3.63) is 11.6 Å². The second kappa shape index (κ2) is 11.0. The number of aliphatic hydroxyl groups is 1. The number of carbonyl (C=O) groups excluding carboxylic acids is 1. The van der Waals surface area contributed by atoms with Crippen LogP contribution < -0.4 is 5.32 Å². The number of nitrogens with zero attached hydrogens (tertiary/aromatic N) is 1. The maximum absolute atomic E-state index is 12.7. The summed E-state index contributed by atoms with van der Waals surface area (Å²) in [6.45, 7) is 8.93. The van der Waals surface area contributed by atoms with Gasteiger partial charge in [-0.15, -0.1) is 6.42 Å². The van der Waals surface area contributed by atoms with Crippen LogP contribution in [0.4, 0.5) is 0 Å². The maximum Gasteiger partial charge on any atom is 0.305 e. The first-order valence-electron chi connectivity index (χ1n) is 15.6. The molecular formula is C33H48N2O6. The second-order valence-electron chi connectivity index (χ2n) is 14.5. The van der Waals surface area contributed by atoms with E-state index in [1.54, 1.807) is 0 Å². The topological polar surface area (TPSA) is 117 Å². The van der Waals surface area contributed by atoms with Crippen LogP contribution in [0, 0.1) is 46.8 Å². The third-order valence-corrected chi connectivity index (χ3v) is 11.8. The number of hydrogen-bond acceptors (Lipinski definition) is 6. The van der Waals surface area contributed by atoms with E-state index in [1.807, 2.05) is 13.8 Å². The summed E-state index contributed by atoms with van der Waals surface area (Å²) in [5.41, 5.74) is 0.883. The zero-order valence-corrected chi connectivity index (χ0v) is 25.2. The number of amides is 1. The Kier molecular flexibility index (Phi) is 8.10. The first-order valence-corrected chi connectivity index (χ1v) is 15.6. The predicted molar refractivity (Wildman–Crippen MR) is 156 cm³/mol. The third kappa shape index (κ3) is 5.57. The molecule has 1 saturated heterocycles. The van der Waals surface area contributed by atoms with E-state index in [2.05, 4.69) is 36.3 Å². The standard InChI is InChI=1S/C33H48N2O6/c1-6-33(39)15-11-26-24-8-7-22-17-23(9-13-31(22,4)25(24)10-14-32(26,33)5)35-41-20-28(36)34-27(18-29(37)38)21-12-16-40-30(2,3)19-21/h1,17,21,24-27,39H,7-16,18-20H2,2-5H3,(H,34,36)(H,37,38)/b35-23+/t21-,24-,25-,26+,27-,31-,32-,33-/m0/s1. The fraction of sp³-hybridized carbons (Fsp3) is 0.788. The fourth-order valence-corrected chi connectivity index (χ4v) is 9.46. The van der Waals surface area contributed by atoms with Gasteiger partial charge < -0.3 is 25.1 Å². The number of carboxylic acid groups (broad SMARTS) is 1. The van der Waals surface area contributed by atoms with Gasteiger partial charge in [0.1, 0.15) is 5.60 Å². The van der Waals surface area contributed by atoms with Crippen LogP contribution in [-0.4, -0.2) is 58.3 Å². The van der Waals surface area contributed by atoms with Crippen molar-refractivity contribution in [3.8, 4) is 12.3 Å². The largest absolute Gasteiger partial charge is 0.481 e. The van der Waals surface area contributed by atoms with Gasteiger partial charge in [0.2, 0.25) is 0 Å². The zero-order valence-electron chi connectivity index (χ0n) is 25.2. The number of ether oxygens (including phenoxy) is 1. The van der Waals surface area contributed by atoms with E-state index in [4.69, 9.17) is 16.0 Å². The number of allylic oxidation sites excluding steroid dienone is 2. The monoisotopic (exact) mass is 568 g/mol. The quantitative estimate of drug-likeness (QED) is 0.299. The Morgan fingerprint density at radius 3 is 2.61 bits per heavy atom. The molecule has 8 nitrogen and oxygen atoms in total. The van der Waals surface area contributed by atoms with Crippen molar-refractivity contribution in [2.75, 3.05) is 13.2 Å². The Balaban J connectivity index is 1.19. The third-order valence-electron chi connectivity index (χ3n) is 11.8. The molecule has 5 aliphatic rings. The van der Waals surface area contributed by atoms with Crippen LogP contribution in [-0.2, 0) is 19.2 Å². The summed E-state index contributed by atoms with van der Waals surface area (Å²) in [5, 5.41) is 27.9. The van der Waals surface area contributed by atoms with Gasteiger partial charge in [-0.05, 0) is 113 Å². The number of fused-ring (bicyclic) bond motifs is 5. The van der Waals surface area contributed by atoms with Gasteiger partial charge in [0.05, 0.1) is 17.7 Å². The van der Waals surface area contributed by atoms with Crippen molar-refractivity contribution in [1.82, 2.24) is 5.32 Å². The molecule has 0 bridgehead atoms. The number of oxime groups is 1. The lowest BCUT2D eigenvalue weighted by atomic mass is 9.46. The van der Waals surface area contributed by atoms with E-state index in [1.165, 1.54) is 5.57 Å². The number of hydrogen-bond donors (Lipinski definition) is 3. The van der Waals surface area contributed by atoms with E-state index in [0.29, 0.717) is 43.6 Å². The van der Waals surface area contributed by atoms with Crippen LogP contribution in [0.1, 0.15) is 98.3 Å². The predicted octanol–water partition coefficient (Wildman–Crippen LogP) is 4.85. The Morgan fingerprint density at radius 1 is 1.15 bits per heavy atom. The molecule has 4 fully saturated rings. The van der Waals surface area contributed by atoms with E-state index >= 15 is 0 Å². The average Bonchev–Trinajstić information content (AvgIpc) is 3.18. The summed E-state index contributed by atoms with van der Waals surface area (Å²) in [5.74, 6) is 3.14. The summed E-state index contributed by atoms with van der Waals surface area (Å²) in [6.07, 6.45) is 17.0. The molecule has 4 aliphatic carbocycles. The molecule has 1 aliphatic heterocycles. The minimum Gasteiger partial charge on any atom is -0.481 e. The Hall–Kier alpha value is -2.37. The Bertz CT molecular complexity index is 1150. The molecule has 1 heterocycles. The number of aliphatic carboxylic acids is 1. The molecule has 8 atom stereocenters. The average molecular weight is 569 g/mol. The van der Waals surface area contributed by atoms with Crippen molar-refractivity contribution >= 4 is 17.6 Å². The van der Waals surface area contributed by atoms with Crippen LogP contribution in [0.25, 0.3) is 0 Å². The van der Waals surface area contributed by atoms with Crippen LogP contribution >= 0.6 is 0 Å². The maximum atomic E-state index is 12.7. The van der Waals surface area contributed by atoms with Crippen molar-refractivity contribution in [2.24, 2.45) is 39.7 Å². The molecule has 0 unspecified atom stereocenters. The van der Waals surface area contributed by atoms with E-state index < -0.39 is 17.6 Å². The van der Waals surface area contributed by atoms with Crippen LogP contribution in [0.15, 0.2) is 16.8 Å². The Labute approximate surface area is 244 Å². The number of carbonyl (C=O) groups is 2. The lowest BCUT2D eigenvalue weighted by Gasteiger charge is -2.58. The summed E-state index contributed by atoms with van der Waals surface area (Å²) in [7, 11) is 0. The first-order chi connectivity index (χ1) is 19.3. The van der Waals surface area contributed by atoms with E-state index in [9.17, 15) is 19.8 Å². The lowest BCUT2D eigenvalue weighted by Crippen LogP contribution is -2.54. The van der Waals surface area contributed by atoms with Crippen molar-refractivity contribution in [3.63, 3.8) is 0 Å². The minimum atomic E-state index is -0.981. The summed E-state index contributed by atoms with van der Waals surface area (Å²) >= 11 is 0. The Morgan fingerprint density at radius 2 is 1.90 bits per heavy atom. The van der Waals surface area contributed by atoms with Gasteiger partial charge in [-0.25, -0.2) is 0 Å². The van der Waals surface area contributed by atoms with Crippen LogP contribution in [0.5, 0.6) is 0 Å². The fourth-order valence-electron chi connectivity index (χ4n) is 9.46. The van der Waals surface area contributed by atoms with Gasteiger partial charge in [0, 0.05) is 18.1 Å². The van der Waals surface area contributed by atoms with Crippen LogP contribution in [0.2, 0.25) is 0 Å². The molecule has 226 valence electrons. The van der Waals surface area contributed by atoms with Gasteiger partial charge in [0.15, 0.2) is 6.61 Å². The highest BCUT2D eigenvalue weighted by Crippen LogP contribution is 2.67. The molecule has 5 rings (SSSR count). The number of carboxylic acids is 1. The van der Waals surface area contributed by atoms with Crippen LogP contribution in [0.3, 0.4) is 0 Å². The van der Waals surface area contributed by atoms with Gasteiger partial charge >= 0.3 is 5.97 Å². The molecule has 0 spiro atoms. The second-order valence-corrected chi connectivity index (χ2v) is 14.5. The number of nitrogens with one attached hydrogen (secondary N) is 1. The minimum absolute atomic E-state index is 0.0308. The highest BCUT2D eigenvalue weighted by molar-refractivity contribution is 5.96. The number of rotatable bonds is 7. The van der Waals surface area contributed by atoms with Crippen molar-refractivity contribution in [1.29, 1.82) is 0 Å². The molecular weight excluding hydrogens is 520 g/mol. The van der Waals surface area contributed by atoms with E-state index in [-0.39, 0.29) is 41.3 Å². The van der Waals surface area contributed by atoms with Gasteiger partial charge in [-0.3, -0.25) is 9.59 Å². The molecule has 1 amide bonds. The van der Waals surface area contributed by atoms with Gasteiger partial charge in [-0.2, -0.15) is 0 Å².